The first-order valence-electron chi connectivity index (χ1n) is 12.9. The predicted molar refractivity (Wildman–Crippen MR) is 143 cm³/mol. The van der Waals surface area contributed by atoms with Crippen LogP contribution in [0.2, 0.25) is 5.02 Å². The molecule has 0 saturated heterocycles. The second kappa shape index (κ2) is 11.1. The lowest BCUT2D eigenvalue weighted by Gasteiger charge is -2.40. The molecule has 1 fully saturated rings. The minimum atomic E-state index is -1.56. The van der Waals surface area contributed by atoms with Crippen LogP contribution in [0.1, 0.15) is 48.3 Å². The van der Waals surface area contributed by atoms with Crippen LogP contribution in [0.4, 0.5) is 14.5 Å². The van der Waals surface area contributed by atoms with Crippen molar-refractivity contribution < 1.29 is 33.3 Å². The van der Waals surface area contributed by atoms with Crippen molar-refractivity contribution in [3.8, 4) is 11.5 Å². The van der Waals surface area contributed by atoms with Gasteiger partial charge >= 0.3 is 0 Å². The topological polar surface area (TPSA) is 79.2 Å². The lowest BCUT2D eigenvalue weighted by molar-refractivity contribution is -0.125. The molecule has 6 nitrogen and oxygen atoms in total. The summed E-state index contributed by atoms with van der Waals surface area (Å²) in [5.74, 6) is -0.412. The fourth-order valence-corrected chi connectivity index (χ4v) is 5.67. The van der Waals surface area contributed by atoms with E-state index in [-0.39, 0.29) is 49.9 Å². The molecule has 0 aromatic heterocycles. The normalized spacial score (nSPS) is 22.9. The maximum atomic E-state index is 15.1. The number of aliphatic hydroxyl groups is 2. The van der Waals surface area contributed by atoms with Crippen LogP contribution in [0.15, 0.2) is 54.6 Å². The molecular formula is C30H30ClF2NO5. The molecule has 3 aromatic rings. The van der Waals surface area contributed by atoms with Gasteiger partial charge in [-0.1, -0.05) is 29.8 Å². The molecule has 0 bridgehead atoms. The number of methoxy groups -OCH3 is 1. The highest BCUT2D eigenvalue weighted by Crippen LogP contribution is 2.42. The number of nitrogens with zero attached hydrogens (tertiary/aromatic N) is 1. The molecule has 5 rings (SSSR count). The van der Waals surface area contributed by atoms with Crippen LogP contribution >= 0.6 is 11.6 Å². The van der Waals surface area contributed by atoms with Gasteiger partial charge in [-0.15, -0.1) is 0 Å². The lowest BCUT2D eigenvalue weighted by atomic mass is 9.74. The predicted octanol–water partition coefficient (Wildman–Crippen LogP) is 5.54. The van der Waals surface area contributed by atoms with Gasteiger partial charge in [0.25, 0.3) is 0 Å². The van der Waals surface area contributed by atoms with E-state index in [1.165, 1.54) is 23.1 Å². The molecule has 0 unspecified atom stereocenters. The van der Waals surface area contributed by atoms with Crippen LogP contribution < -0.4 is 14.4 Å². The summed E-state index contributed by atoms with van der Waals surface area (Å²) >= 11 is 5.86. The smallest absolute Gasteiger partial charge is 0.227 e. The maximum absolute atomic E-state index is 15.1. The molecule has 39 heavy (non-hydrogen) atoms. The summed E-state index contributed by atoms with van der Waals surface area (Å²) in [5, 5.41) is 22.4. The van der Waals surface area contributed by atoms with Gasteiger partial charge in [-0.3, -0.25) is 4.79 Å². The molecule has 2 N–H and O–H groups in total. The van der Waals surface area contributed by atoms with Gasteiger partial charge in [-0.05, 0) is 79.1 Å². The fraction of sp³-hybridized carbons (Fsp3) is 0.367. The van der Waals surface area contributed by atoms with Gasteiger partial charge < -0.3 is 24.6 Å². The summed E-state index contributed by atoms with van der Waals surface area (Å²) in [6, 6.07) is 14.4. The van der Waals surface area contributed by atoms with Gasteiger partial charge in [0.15, 0.2) is 0 Å². The van der Waals surface area contributed by atoms with Crippen LogP contribution in [0.25, 0.3) is 0 Å². The number of fused-ring (bicyclic) bond motifs is 1. The summed E-state index contributed by atoms with van der Waals surface area (Å²) in [7, 11) is 1.57. The Labute approximate surface area is 230 Å². The van der Waals surface area contributed by atoms with Gasteiger partial charge in [0.1, 0.15) is 35.3 Å². The highest BCUT2D eigenvalue weighted by atomic mass is 35.5. The lowest BCUT2D eigenvalue weighted by Crippen LogP contribution is -2.51. The van der Waals surface area contributed by atoms with Crippen molar-refractivity contribution >= 4 is 23.2 Å². The Balaban J connectivity index is 1.32. The Morgan fingerprint density at radius 1 is 1.08 bits per heavy atom. The van der Waals surface area contributed by atoms with E-state index in [1.807, 2.05) is 12.1 Å². The largest absolute Gasteiger partial charge is 0.497 e. The number of benzene rings is 3. The van der Waals surface area contributed by atoms with Crippen LogP contribution in [0.5, 0.6) is 11.5 Å². The molecule has 1 aliphatic heterocycles. The molecule has 9 heteroatoms. The first-order valence-corrected chi connectivity index (χ1v) is 13.3. The molecule has 0 spiro atoms. The van der Waals surface area contributed by atoms with E-state index < -0.39 is 23.3 Å². The van der Waals surface area contributed by atoms with Crippen molar-refractivity contribution in [2.75, 3.05) is 18.6 Å². The Bertz CT molecular complexity index is 1370. The van der Waals surface area contributed by atoms with Crippen molar-refractivity contribution in [1.82, 2.24) is 0 Å². The van der Waals surface area contributed by atoms with Crippen LogP contribution in [0, 0.1) is 11.6 Å². The van der Waals surface area contributed by atoms with E-state index >= 15 is 4.39 Å². The molecule has 3 aromatic carbocycles. The molecule has 2 aliphatic rings. The second-order valence-corrected chi connectivity index (χ2v) is 10.7. The second-order valence-electron chi connectivity index (χ2n) is 10.2. The molecule has 0 radical (unpaired) electrons. The standard InChI is InChI=1S/C30H30ClF2NO5/c1-38-21-5-2-18(3-6-21)16-34-28(36)11-8-23-26(10-9-24(32)29(23)34)39-17-30(37)13-12-19(14-27(30)35)22-7-4-20(31)15-25(22)33/h2-7,9-10,15,19,27,35,37H,8,11-14,16-17H2,1H3/t19-,27+,30+/m0/s1. The molecular weight excluding hydrogens is 528 g/mol. The van der Waals surface area contributed by atoms with Crippen LogP contribution in [-0.4, -0.2) is 41.5 Å². The molecule has 206 valence electrons. The van der Waals surface area contributed by atoms with Gasteiger partial charge in [0.05, 0.1) is 25.4 Å². The number of hydrogen-bond acceptors (Lipinski definition) is 5. The molecule has 1 saturated carbocycles. The zero-order valence-electron chi connectivity index (χ0n) is 21.5. The molecule has 3 atom stereocenters. The minimum Gasteiger partial charge on any atom is -0.497 e. The SMILES string of the molecule is COc1ccc(CN2C(=O)CCc3c(OC[C@]4(O)CC[C@H](c5ccc(Cl)cc5F)C[C@H]4O)ccc(F)c32)cc1. The van der Waals surface area contributed by atoms with Crippen molar-refractivity contribution in [2.24, 2.45) is 0 Å². The monoisotopic (exact) mass is 557 g/mol. The maximum Gasteiger partial charge on any atom is 0.227 e. The number of hydrogen-bond donors (Lipinski definition) is 2. The molecule has 1 aliphatic carbocycles. The Kier molecular flexibility index (Phi) is 7.80. The van der Waals surface area contributed by atoms with Gasteiger partial charge in [-0.25, -0.2) is 8.78 Å². The zero-order valence-corrected chi connectivity index (χ0v) is 22.3. The molecule has 1 heterocycles. The number of carbonyl (C=O) groups is 1. The summed E-state index contributed by atoms with van der Waals surface area (Å²) in [6.45, 7) is -0.0457. The number of amides is 1. The fourth-order valence-electron chi connectivity index (χ4n) is 5.51. The Morgan fingerprint density at radius 2 is 1.85 bits per heavy atom. The van der Waals surface area contributed by atoms with Crippen molar-refractivity contribution in [3.63, 3.8) is 0 Å². The van der Waals surface area contributed by atoms with Crippen molar-refractivity contribution in [2.45, 2.75) is 56.3 Å². The van der Waals surface area contributed by atoms with E-state index in [9.17, 15) is 19.4 Å². The Morgan fingerprint density at radius 3 is 2.54 bits per heavy atom. The van der Waals surface area contributed by atoms with E-state index in [0.29, 0.717) is 40.5 Å². The zero-order chi connectivity index (χ0) is 27.7. The van der Waals surface area contributed by atoms with E-state index in [2.05, 4.69) is 0 Å². The van der Waals surface area contributed by atoms with Crippen molar-refractivity contribution in [1.29, 1.82) is 0 Å². The van der Waals surface area contributed by atoms with Gasteiger partial charge in [0, 0.05) is 17.0 Å². The minimum absolute atomic E-state index is 0.157. The van der Waals surface area contributed by atoms with E-state index in [1.54, 1.807) is 31.4 Å². The molecule has 1 amide bonds. The van der Waals surface area contributed by atoms with Crippen LogP contribution in [0.3, 0.4) is 0 Å². The number of halogens is 3. The third kappa shape index (κ3) is 5.60. The van der Waals surface area contributed by atoms with Crippen LogP contribution in [-0.2, 0) is 17.8 Å². The summed E-state index contributed by atoms with van der Waals surface area (Å²) < 4.78 is 40.7. The summed E-state index contributed by atoms with van der Waals surface area (Å²) in [5.41, 5.74) is 0.408. The van der Waals surface area contributed by atoms with Gasteiger partial charge in [0.2, 0.25) is 5.91 Å². The van der Waals surface area contributed by atoms with E-state index in [4.69, 9.17) is 21.1 Å². The third-order valence-corrected chi connectivity index (χ3v) is 8.02. The average Bonchev–Trinajstić information content (AvgIpc) is 2.92. The third-order valence-electron chi connectivity index (χ3n) is 7.78. The summed E-state index contributed by atoms with van der Waals surface area (Å²) in [4.78, 5) is 14.2. The number of rotatable bonds is 7. The Hall–Kier alpha value is -3.20. The van der Waals surface area contributed by atoms with Gasteiger partial charge in [-0.2, -0.15) is 0 Å². The van der Waals surface area contributed by atoms with E-state index in [0.717, 1.165) is 5.56 Å². The highest BCUT2D eigenvalue weighted by Gasteiger charge is 2.43. The number of aliphatic hydroxyl groups excluding tert-OH is 1. The number of anilines is 1. The number of carbonyl (C=O) groups excluding carboxylic acids is 1. The van der Waals surface area contributed by atoms with Crippen molar-refractivity contribution in [3.05, 3.63) is 87.9 Å². The average molecular weight is 558 g/mol. The first kappa shape index (κ1) is 27.4. The summed E-state index contributed by atoms with van der Waals surface area (Å²) in [6.07, 6.45) is 0.108. The number of ether oxygens (including phenoxy) is 2. The quantitative estimate of drug-likeness (QED) is 0.398. The highest BCUT2D eigenvalue weighted by molar-refractivity contribution is 6.30. The first-order chi connectivity index (χ1) is 18.7.